The zero-order valence-electron chi connectivity index (χ0n) is 24.3. The van der Waals surface area contributed by atoms with Crippen LogP contribution in [0.1, 0.15) is 78.5 Å². The molecule has 1 aromatic rings. The quantitative estimate of drug-likeness (QED) is 0.371. The van der Waals surface area contributed by atoms with Crippen molar-refractivity contribution < 1.29 is 28.7 Å². The van der Waals surface area contributed by atoms with Gasteiger partial charge < -0.3 is 25.0 Å². The second kappa shape index (κ2) is 15.0. The molecule has 0 bridgehead atoms. The van der Waals surface area contributed by atoms with E-state index in [4.69, 9.17) is 9.47 Å². The Labute approximate surface area is 231 Å². The summed E-state index contributed by atoms with van der Waals surface area (Å²) in [5.41, 5.74) is 0.101. The van der Waals surface area contributed by atoms with Gasteiger partial charge in [0.15, 0.2) is 0 Å². The maximum absolute atomic E-state index is 14.1. The minimum absolute atomic E-state index is 0.0141. The number of esters is 1. The van der Waals surface area contributed by atoms with E-state index in [-0.39, 0.29) is 19.6 Å². The van der Waals surface area contributed by atoms with Crippen LogP contribution in [0.5, 0.6) is 0 Å². The summed E-state index contributed by atoms with van der Waals surface area (Å²) in [7, 11) is 0. The Morgan fingerprint density at radius 3 is 2.13 bits per heavy atom. The number of benzene rings is 1. The van der Waals surface area contributed by atoms with Gasteiger partial charge in [-0.2, -0.15) is 11.8 Å². The average Bonchev–Trinajstić information content (AvgIpc) is 2.78. The van der Waals surface area contributed by atoms with Crippen molar-refractivity contribution in [1.82, 2.24) is 15.5 Å². The number of thioether (sulfide) groups is 1. The Morgan fingerprint density at radius 2 is 1.63 bits per heavy atom. The largest absolute Gasteiger partial charge is 0.466 e. The highest BCUT2D eigenvalue weighted by Crippen LogP contribution is 2.31. The number of nitrogens with one attached hydrogen (secondary N) is 2. The molecule has 0 aliphatic carbocycles. The molecule has 0 spiro atoms. The van der Waals surface area contributed by atoms with Crippen LogP contribution in [-0.4, -0.2) is 71.1 Å². The standard InChI is InChI=1S/C28H45N3O6S/c1-10-36-22(32)15-17-29-24(33)23(20-13-11-19(2)12-14-20)31(27(3,4)5)25(34)21(16-18-38-9)30-26(35)37-28(6,7)8/h11-14,21,23H,10,15-18H2,1-9H3,(H,29,33)(H,30,35). The molecule has 214 valence electrons. The smallest absolute Gasteiger partial charge is 0.408 e. The summed E-state index contributed by atoms with van der Waals surface area (Å²) < 4.78 is 10.4. The molecule has 10 heteroatoms. The molecule has 38 heavy (non-hydrogen) atoms. The molecule has 0 saturated heterocycles. The van der Waals surface area contributed by atoms with E-state index in [0.29, 0.717) is 17.7 Å². The van der Waals surface area contributed by atoms with Gasteiger partial charge >= 0.3 is 12.1 Å². The summed E-state index contributed by atoms with van der Waals surface area (Å²) in [4.78, 5) is 53.7. The fraction of sp³-hybridized carbons (Fsp3) is 0.643. The molecule has 0 heterocycles. The predicted octanol–water partition coefficient (Wildman–Crippen LogP) is 4.38. The van der Waals surface area contributed by atoms with Crippen molar-refractivity contribution >= 4 is 35.6 Å². The molecule has 3 amide bonds. The van der Waals surface area contributed by atoms with Crippen LogP contribution in [0, 0.1) is 6.92 Å². The first-order valence-electron chi connectivity index (χ1n) is 12.9. The Balaban J connectivity index is 3.43. The minimum Gasteiger partial charge on any atom is -0.466 e. The second-order valence-corrected chi connectivity index (χ2v) is 12.0. The van der Waals surface area contributed by atoms with Crippen LogP contribution in [0.25, 0.3) is 0 Å². The number of alkyl carbamates (subject to hydrolysis) is 1. The Hall–Kier alpha value is -2.75. The molecule has 0 aliphatic heterocycles. The van der Waals surface area contributed by atoms with E-state index in [0.717, 1.165) is 5.56 Å². The number of hydrogen-bond donors (Lipinski definition) is 2. The maximum Gasteiger partial charge on any atom is 0.408 e. The van der Waals surface area contributed by atoms with Gasteiger partial charge in [-0.3, -0.25) is 14.4 Å². The molecule has 0 saturated carbocycles. The fourth-order valence-electron chi connectivity index (χ4n) is 3.74. The highest BCUT2D eigenvalue weighted by Gasteiger charge is 2.41. The van der Waals surface area contributed by atoms with Gasteiger partial charge in [-0.25, -0.2) is 4.79 Å². The average molecular weight is 552 g/mol. The lowest BCUT2D eigenvalue weighted by Crippen LogP contribution is -2.58. The number of hydrogen-bond acceptors (Lipinski definition) is 7. The molecule has 0 radical (unpaired) electrons. The zero-order valence-corrected chi connectivity index (χ0v) is 25.1. The summed E-state index contributed by atoms with van der Waals surface area (Å²) in [6.07, 6.45) is 1.59. The van der Waals surface area contributed by atoms with E-state index >= 15 is 0 Å². The van der Waals surface area contributed by atoms with Crippen molar-refractivity contribution in [2.75, 3.05) is 25.2 Å². The molecule has 1 aromatic carbocycles. The van der Waals surface area contributed by atoms with E-state index < -0.39 is 47.1 Å². The van der Waals surface area contributed by atoms with E-state index in [2.05, 4.69) is 10.6 Å². The first-order valence-corrected chi connectivity index (χ1v) is 14.3. The van der Waals surface area contributed by atoms with Crippen molar-refractivity contribution in [2.24, 2.45) is 0 Å². The first kappa shape index (κ1) is 33.3. The van der Waals surface area contributed by atoms with Gasteiger partial charge in [0.1, 0.15) is 17.7 Å². The summed E-state index contributed by atoms with van der Waals surface area (Å²) >= 11 is 1.55. The summed E-state index contributed by atoms with van der Waals surface area (Å²) in [6, 6.07) is 5.48. The minimum atomic E-state index is -0.998. The Kier molecular flexibility index (Phi) is 13.1. The van der Waals surface area contributed by atoms with E-state index in [9.17, 15) is 19.2 Å². The molecular formula is C28H45N3O6S. The number of carbonyl (C=O) groups excluding carboxylic acids is 4. The number of rotatable bonds is 12. The maximum atomic E-state index is 14.1. The van der Waals surface area contributed by atoms with E-state index in [1.807, 2.05) is 58.2 Å². The van der Waals surface area contributed by atoms with Gasteiger partial charge in [0, 0.05) is 12.1 Å². The summed E-state index contributed by atoms with van der Waals surface area (Å²) in [5.74, 6) is -0.626. The lowest BCUT2D eigenvalue weighted by molar-refractivity contribution is -0.149. The zero-order chi connectivity index (χ0) is 29.1. The van der Waals surface area contributed by atoms with Gasteiger partial charge in [0.25, 0.3) is 0 Å². The van der Waals surface area contributed by atoms with Crippen LogP contribution in [0.3, 0.4) is 0 Å². The second-order valence-electron chi connectivity index (χ2n) is 11.0. The number of nitrogens with zero attached hydrogens (tertiary/aromatic N) is 1. The molecule has 0 aliphatic rings. The predicted molar refractivity (Wildman–Crippen MR) is 151 cm³/mol. The van der Waals surface area contributed by atoms with Crippen molar-refractivity contribution in [3.05, 3.63) is 35.4 Å². The number of amides is 3. The lowest BCUT2D eigenvalue weighted by atomic mass is 9.94. The molecule has 0 aromatic heterocycles. The normalized spacial score (nSPS) is 13.2. The topological polar surface area (TPSA) is 114 Å². The summed E-state index contributed by atoms with van der Waals surface area (Å²) in [5, 5.41) is 5.53. The third-order valence-electron chi connectivity index (χ3n) is 5.39. The monoisotopic (exact) mass is 551 g/mol. The number of aryl methyl sites for hydroxylation is 1. The molecule has 2 unspecified atom stereocenters. The van der Waals surface area contributed by atoms with Crippen LogP contribution < -0.4 is 10.6 Å². The number of ether oxygens (including phenoxy) is 2. The van der Waals surface area contributed by atoms with Gasteiger partial charge in [0.05, 0.1) is 13.0 Å². The van der Waals surface area contributed by atoms with Crippen molar-refractivity contribution in [2.45, 2.75) is 91.5 Å². The van der Waals surface area contributed by atoms with Crippen molar-refractivity contribution in [3.63, 3.8) is 0 Å². The van der Waals surface area contributed by atoms with Gasteiger partial charge in [-0.1, -0.05) is 29.8 Å². The van der Waals surface area contributed by atoms with Crippen LogP contribution in [-0.2, 0) is 23.9 Å². The number of carbonyl (C=O) groups is 4. The van der Waals surface area contributed by atoms with Crippen molar-refractivity contribution in [1.29, 1.82) is 0 Å². The summed E-state index contributed by atoms with van der Waals surface area (Å²) in [6.45, 7) is 14.8. The van der Waals surface area contributed by atoms with Crippen molar-refractivity contribution in [3.8, 4) is 0 Å². The molecule has 1 rings (SSSR count). The molecule has 9 nitrogen and oxygen atoms in total. The van der Waals surface area contributed by atoms with Crippen LogP contribution in [0.4, 0.5) is 4.79 Å². The van der Waals surface area contributed by atoms with Gasteiger partial charge in [-0.15, -0.1) is 0 Å². The molecule has 2 N–H and O–H groups in total. The van der Waals surface area contributed by atoms with E-state index in [1.165, 1.54) is 4.90 Å². The highest BCUT2D eigenvalue weighted by atomic mass is 32.2. The SMILES string of the molecule is CCOC(=O)CCNC(=O)C(c1ccc(C)cc1)N(C(=O)C(CCSC)NC(=O)OC(C)(C)C)C(C)(C)C. The first-order chi connectivity index (χ1) is 17.6. The van der Waals surface area contributed by atoms with Gasteiger partial charge in [0.2, 0.25) is 11.8 Å². The highest BCUT2D eigenvalue weighted by molar-refractivity contribution is 7.98. The third kappa shape index (κ3) is 11.3. The molecule has 2 atom stereocenters. The molecule has 0 fully saturated rings. The van der Waals surface area contributed by atoms with Crippen LogP contribution in [0.2, 0.25) is 0 Å². The third-order valence-corrected chi connectivity index (χ3v) is 6.04. The Morgan fingerprint density at radius 1 is 1.03 bits per heavy atom. The van der Waals surface area contributed by atoms with Crippen LogP contribution >= 0.6 is 11.8 Å². The lowest BCUT2D eigenvalue weighted by Gasteiger charge is -2.43. The van der Waals surface area contributed by atoms with E-state index in [1.54, 1.807) is 39.5 Å². The van der Waals surface area contributed by atoms with Crippen LogP contribution in [0.15, 0.2) is 24.3 Å². The fourth-order valence-corrected chi connectivity index (χ4v) is 4.21. The molecular weight excluding hydrogens is 506 g/mol. The van der Waals surface area contributed by atoms with Gasteiger partial charge in [-0.05, 0) is 79.4 Å². The Bertz CT molecular complexity index is 937.